The van der Waals surface area contributed by atoms with Crippen LogP contribution in [-0.4, -0.2) is 23.8 Å². The first-order valence-electron chi connectivity index (χ1n) is 9.60. The Labute approximate surface area is 172 Å². The van der Waals surface area contributed by atoms with E-state index in [9.17, 15) is 14.7 Å². The van der Waals surface area contributed by atoms with Crippen molar-refractivity contribution in [3.05, 3.63) is 83.4 Å². The lowest BCUT2D eigenvalue weighted by atomic mass is 9.99. The van der Waals surface area contributed by atoms with Gasteiger partial charge in [0.2, 0.25) is 0 Å². The molecule has 0 aliphatic carbocycles. The number of aliphatic hydroxyl groups excluding tert-OH is 1. The summed E-state index contributed by atoms with van der Waals surface area (Å²) >= 11 is 0. The van der Waals surface area contributed by atoms with Gasteiger partial charge in [-0.05, 0) is 54.4 Å². The first kappa shape index (κ1) is 21.9. The lowest BCUT2D eigenvalue weighted by Gasteiger charge is -2.21. The number of Topliss-reactive ketones (excluding diaryl/α,β-unsaturated/α-hetero) is 1. The van der Waals surface area contributed by atoms with Crippen LogP contribution in [0, 0.1) is 6.92 Å². The number of aryl methyl sites for hydroxylation is 1. The molecule has 4 heteroatoms. The van der Waals surface area contributed by atoms with Crippen LogP contribution in [0.4, 0.5) is 5.69 Å². The second kappa shape index (κ2) is 9.20. The molecule has 29 heavy (non-hydrogen) atoms. The zero-order valence-corrected chi connectivity index (χ0v) is 17.6. The fourth-order valence-electron chi connectivity index (χ4n) is 3.13. The van der Waals surface area contributed by atoms with Crippen molar-refractivity contribution in [1.29, 1.82) is 0 Å². The van der Waals surface area contributed by atoms with Gasteiger partial charge in [-0.1, -0.05) is 50.8 Å². The number of rotatable bonds is 4. The number of hydrogen-bond donors (Lipinski definition) is 1. The summed E-state index contributed by atoms with van der Waals surface area (Å²) in [5, 5.41) is 11.8. The van der Waals surface area contributed by atoms with E-state index in [0.29, 0.717) is 22.4 Å². The SMILES string of the molecule is C=C(O)c1cc(C(C)=O)cc(N(C)C(=O)c2ccc3ccccc3c2C)c1.CC. The molecule has 1 amide bonds. The molecular formula is C25H27NO3. The number of carbonyl (C=O) groups is 2. The molecule has 0 aromatic heterocycles. The molecule has 1 N–H and O–H groups in total. The van der Waals surface area contributed by atoms with Gasteiger partial charge in [0.25, 0.3) is 5.91 Å². The van der Waals surface area contributed by atoms with Crippen LogP contribution in [0.1, 0.15) is 52.6 Å². The molecule has 0 saturated heterocycles. The Balaban J connectivity index is 0.00000145. The van der Waals surface area contributed by atoms with Crippen molar-refractivity contribution < 1.29 is 14.7 Å². The van der Waals surface area contributed by atoms with Crippen molar-refractivity contribution >= 4 is 33.9 Å². The lowest BCUT2D eigenvalue weighted by molar-refractivity contribution is 0.0988. The zero-order chi connectivity index (χ0) is 21.7. The number of hydrogen-bond acceptors (Lipinski definition) is 3. The smallest absolute Gasteiger partial charge is 0.258 e. The number of fused-ring (bicyclic) bond motifs is 1. The van der Waals surface area contributed by atoms with Crippen molar-refractivity contribution in [3.63, 3.8) is 0 Å². The van der Waals surface area contributed by atoms with Gasteiger partial charge in [0.1, 0.15) is 5.76 Å². The Hall–Kier alpha value is -3.40. The van der Waals surface area contributed by atoms with Gasteiger partial charge in [-0.25, -0.2) is 0 Å². The molecule has 0 atom stereocenters. The summed E-state index contributed by atoms with van der Waals surface area (Å²) in [6.45, 7) is 10.9. The minimum atomic E-state index is -0.187. The van der Waals surface area contributed by atoms with Crippen LogP contribution in [0.25, 0.3) is 16.5 Å². The minimum absolute atomic E-state index is 0.151. The van der Waals surface area contributed by atoms with Gasteiger partial charge in [-0.3, -0.25) is 9.59 Å². The molecule has 0 heterocycles. The Morgan fingerprint density at radius 1 is 0.966 bits per heavy atom. The molecule has 0 bridgehead atoms. The highest BCUT2D eigenvalue weighted by molar-refractivity contribution is 6.10. The van der Waals surface area contributed by atoms with Crippen LogP contribution in [0.3, 0.4) is 0 Å². The summed E-state index contributed by atoms with van der Waals surface area (Å²) in [6.07, 6.45) is 0. The molecule has 3 aromatic rings. The fraction of sp³-hybridized carbons (Fsp3) is 0.200. The van der Waals surface area contributed by atoms with Gasteiger partial charge in [-0.2, -0.15) is 0 Å². The predicted molar refractivity (Wildman–Crippen MR) is 121 cm³/mol. The van der Waals surface area contributed by atoms with Gasteiger partial charge in [0.15, 0.2) is 5.78 Å². The van der Waals surface area contributed by atoms with E-state index in [1.807, 2.05) is 57.2 Å². The Bertz CT molecular complexity index is 1050. The first-order valence-corrected chi connectivity index (χ1v) is 9.60. The van der Waals surface area contributed by atoms with Gasteiger partial charge in [0, 0.05) is 29.4 Å². The van der Waals surface area contributed by atoms with E-state index in [-0.39, 0.29) is 17.4 Å². The molecule has 3 rings (SSSR count). The number of carbonyl (C=O) groups excluding carboxylic acids is 2. The van der Waals surface area contributed by atoms with Crippen LogP contribution in [0.2, 0.25) is 0 Å². The standard InChI is InChI=1S/C23H21NO3.C2H6/c1-14-21-8-6-5-7-17(21)9-10-22(14)23(27)24(4)20-12-18(15(2)25)11-19(13-20)16(3)26;1-2/h5-13,25H,2H2,1,3-4H3;1-2H3. The van der Waals surface area contributed by atoms with Crippen molar-refractivity contribution in [2.24, 2.45) is 0 Å². The van der Waals surface area contributed by atoms with Gasteiger partial charge in [-0.15, -0.1) is 0 Å². The normalized spacial score (nSPS) is 10.1. The van der Waals surface area contributed by atoms with Crippen LogP contribution >= 0.6 is 0 Å². The topological polar surface area (TPSA) is 57.6 Å². The maximum Gasteiger partial charge on any atom is 0.258 e. The third kappa shape index (κ3) is 4.54. The van der Waals surface area contributed by atoms with E-state index in [1.54, 1.807) is 25.2 Å². The highest BCUT2D eigenvalue weighted by Crippen LogP contribution is 2.26. The average Bonchev–Trinajstić information content (AvgIpc) is 2.74. The number of anilines is 1. The third-order valence-corrected chi connectivity index (χ3v) is 4.78. The Kier molecular flexibility index (Phi) is 6.94. The molecule has 0 radical (unpaired) electrons. The molecule has 0 fully saturated rings. The van der Waals surface area contributed by atoms with Crippen molar-refractivity contribution in [2.45, 2.75) is 27.7 Å². The van der Waals surface area contributed by atoms with Crippen LogP contribution in [-0.2, 0) is 0 Å². The van der Waals surface area contributed by atoms with E-state index in [1.165, 1.54) is 11.8 Å². The Morgan fingerprint density at radius 2 is 1.59 bits per heavy atom. The maximum atomic E-state index is 13.1. The molecule has 0 unspecified atom stereocenters. The van der Waals surface area contributed by atoms with E-state index in [0.717, 1.165) is 16.3 Å². The summed E-state index contributed by atoms with van der Waals surface area (Å²) < 4.78 is 0. The van der Waals surface area contributed by atoms with Crippen LogP contribution in [0.15, 0.2) is 61.2 Å². The van der Waals surface area contributed by atoms with E-state index in [2.05, 4.69) is 6.58 Å². The molecule has 0 aliphatic heterocycles. The monoisotopic (exact) mass is 389 g/mol. The molecule has 150 valence electrons. The summed E-state index contributed by atoms with van der Waals surface area (Å²) in [5.74, 6) is -0.488. The van der Waals surface area contributed by atoms with Crippen LogP contribution < -0.4 is 4.90 Å². The average molecular weight is 389 g/mol. The van der Waals surface area contributed by atoms with Crippen molar-refractivity contribution in [1.82, 2.24) is 0 Å². The number of nitrogens with zero attached hydrogens (tertiary/aromatic N) is 1. The van der Waals surface area contributed by atoms with E-state index < -0.39 is 0 Å². The highest BCUT2D eigenvalue weighted by atomic mass is 16.3. The van der Waals surface area contributed by atoms with Crippen molar-refractivity contribution in [3.8, 4) is 0 Å². The highest BCUT2D eigenvalue weighted by Gasteiger charge is 2.19. The van der Waals surface area contributed by atoms with E-state index >= 15 is 0 Å². The molecule has 4 nitrogen and oxygen atoms in total. The van der Waals surface area contributed by atoms with Gasteiger partial charge in [0.05, 0.1) is 0 Å². The summed E-state index contributed by atoms with van der Waals surface area (Å²) in [7, 11) is 1.65. The van der Waals surface area contributed by atoms with Crippen LogP contribution in [0.5, 0.6) is 0 Å². The Morgan fingerprint density at radius 3 is 2.21 bits per heavy atom. The predicted octanol–water partition coefficient (Wildman–Crippen LogP) is 6.18. The van der Waals surface area contributed by atoms with E-state index in [4.69, 9.17) is 0 Å². The number of amides is 1. The molecule has 0 saturated carbocycles. The molecular weight excluding hydrogens is 362 g/mol. The largest absolute Gasteiger partial charge is 0.508 e. The van der Waals surface area contributed by atoms with Crippen molar-refractivity contribution in [2.75, 3.05) is 11.9 Å². The molecule has 3 aromatic carbocycles. The third-order valence-electron chi connectivity index (χ3n) is 4.78. The zero-order valence-electron chi connectivity index (χ0n) is 17.6. The minimum Gasteiger partial charge on any atom is -0.508 e. The second-order valence-corrected chi connectivity index (χ2v) is 6.59. The van der Waals surface area contributed by atoms with Gasteiger partial charge >= 0.3 is 0 Å². The quantitative estimate of drug-likeness (QED) is 0.428. The number of aliphatic hydroxyl groups is 1. The number of benzene rings is 3. The first-order chi connectivity index (χ1) is 13.8. The molecule has 0 spiro atoms. The second-order valence-electron chi connectivity index (χ2n) is 6.59. The maximum absolute atomic E-state index is 13.1. The number of ketones is 1. The summed E-state index contributed by atoms with van der Waals surface area (Å²) in [4.78, 5) is 26.4. The van der Waals surface area contributed by atoms with Gasteiger partial charge < -0.3 is 10.0 Å². The fourth-order valence-corrected chi connectivity index (χ4v) is 3.13. The molecule has 0 aliphatic rings. The summed E-state index contributed by atoms with van der Waals surface area (Å²) in [5.41, 5.74) is 2.83. The summed E-state index contributed by atoms with van der Waals surface area (Å²) in [6, 6.07) is 16.5. The lowest BCUT2D eigenvalue weighted by Crippen LogP contribution is -2.27.